The quantitative estimate of drug-likeness (QED) is 0.587. The van der Waals surface area contributed by atoms with E-state index in [4.69, 9.17) is 4.55 Å². The predicted molar refractivity (Wildman–Crippen MR) is 58.4 cm³/mol. The van der Waals surface area contributed by atoms with E-state index in [9.17, 15) is 16.8 Å². The van der Waals surface area contributed by atoms with Crippen LogP contribution in [-0.2, 0) is 24.7 Å². The van der Waals surface area contributed by atoms with Crippen LogP contribution in [0, 0.1) is 0 Å². The summed E-state index contributed by atoms with van der Waals surface area (Å²) in [6.45, 7) is -0.714. The SMILES string of the molecule is O=S(=O)(O)OCCS(=O)(=O)Oc1ccccc1. The van der Waals surface area contributed by atoms with Gasteiger partial charge in [-0.2, -0.15) is 16.8 Å². The van der Waals surface area contributed by atoms with Crippen molar-refractivity contribution in [1.82, 2.24) is 0 Å². The van der Waals surface area contributed by atoms with Crippen molar-refractivity contribution >= 4 is 20.5 Å². The monoisotopic (exact) mass is 282 g/mol. The van der Waals surface area contributed by atoms with Gasteiger partial charge < -0.3 is 4.18 Å². The molecule has 0 amide bonds. The zero-order chi connectivity index (χ0) is 12.9. The van der Waals surface area contributed by atoms with E-state index in [0.29, 0.717) is 0 Å². The smallest absolute Gasteiger partial charge is 0.382 e. The fraction of sp³-hybridized carbons (Fsp3) is 0.250. The minimum Gasteiger partial charge on any atom is -0.382 e. The molecule has 9 heteroatoms. The van der Waals surface area contributed by atoms with Gasteiger partial charge in [0.1, 0.15) is 11.5 Å². The summed E-state index contributed by atoms with van der Waals surface area (Å²) in [7, 11) is -8.60. The van der Waals surface area contributed by atoms with Crippen LogP contribution in [0.25, 0.3) is 0 Å². The van der Waals surface area contributed by atoms with Crippen molar-refractivity contribution in [1.29, 1.82) is 0 Å². The summed E-state index contributed by atoms with van der Waals surface area (Å²) in [4.78, 5) is 0. The van der Waals surface area contributed by atoms with Crippen LogP contribution in [0.2, 0.25) is 0 Å². The van der Waals surface area contributed by atoms with Gasteiger partial charge >= 0.3 is 20.5 Å². The largest absolute Gasteiger partial charge is 0.397 e. The highest BCUT2D eigenvalue weighted by atomic mass is 32.3. The van der Waals surface area contributed by atoms with Crippen molar-refractivity contribution in [2.75, 3.05) is 12.4 Å². The van der Waals surface area contributed by atoms with Gasteiger partial charge in [-0.1, -0.05) is 18.2 Å². The second kappa shape index (κ2) is 5.45. The summed E-state index contributed by atoms with van der Waals surface area (Å²) in [5.74, 6) is -0.582. The average Bonchev–Trinajstić information content (AvgIpc) is 2.15. The van der Waals surface area contributed by atoms with Gasteiger partial charge in [0, 0.05) is 0 Å². The van der Waals surface area contributed by atoms with Gasteiger partial charge in [0.2, 0.25) is 0 Å². The first-order valence-corrected chi connectivity index (χ1v) is 7.32. The molecule has 0 saturated heterocycles. The minimum absolute atomic E-state index is 0.111. The average molecular weight is 282 g/mol. The van der Waals surface area contributed by atoms with Gasteiger partial charge in [0.25, 0.3) is 0 Å². The third-order valence-electron chi connectivity index (χ3n) is 1.53. The molecular weight excluding hydrogens is 272 g/mol. The maximum atomic E-state index is 11.3. The summed E-state index contributed by atoms with van der Waals surface area (Å²) in [5, 5.41) is 0. The number of hydrogen-bond acceptors (Lipinski definition) is 6. The summed E-state index contributed by atoms with van der Waals surface area (Å²) in [6.07, 6.45) is 0. The van der Waals surface area contributed by atoms with Crippen molar-refractivity contribution in [2.24, 2.45) is 0 Å². The highest BCUT2D eigenvalue weighted by Crippen LogP contribution is 2.11. The van der Waals surface area contributed by atoms with Gasteiger partial charge in [-0.15, -0.1) is 0 Å². The molecule has 1 N–H and O–H groups in total. The lowest BCUT2D eigenvalue weighted by molar-refractivity contribution is 0.282. The van der Waals surface area contributed by atoms with E-state index in [1.807, 2.05) is 0 Å². The molecule has 1 rings (SSSR count). The van der Waals surface area contributed by atoms with E-state index in [2.05, 4.69) is 8.37 Å². The van der Waals surface area contributed by atoms with Crippen LogP contribution in [0.5, 0.6) is 5.75 Å². The van der Waals surface area contributed by atoms with Gasteiger partial charge in [-0.25, -0.2) is 4.18 Å². The lowest BCUT2D eigenvalue weighted by atomic mass is 10.3. The second-order valence-corrected chi connectivity index (χ2v) is 5.69. The van der Waals surface area contributed by atoms with E-state index < -0.39 is 32.9 Å². The zero-order valence-corrected chi connectivity index (χ0v) is 10.1. The minimum atomic E-state index is -4.64. The predicted octanol–water partition coefficient (Wildman–Crippen LogP) is 0.215. The summed E-state index contributed by atoms with van der Waals surface area (Å²) < 4.78 is 59.7. The molecule has 7 nitrogen and oxygen atoms in total. The van der Waals surface area contributed by atoms with E-state index in [1.165, 1.54) is 12.1 Å². The van der Waals surface area contributed by atoms with Crippen LogP contribution in [0.4, 0.5) is 0 Å². The lowest BCUT2D eigenvalue weighted by Gasteiger charge is -2.05. The van der Waals surface area contributed by atoms with Gasteiger partial charge in [0.05, 0.1) is 6.61 Å². The molecule has 0 bridgehead atoms. The molecule has 1 aromatic rings. The third-order valence-corrected chi connectivity index (χ3v) is 3.11. The summed E-state index contributed by atoms with van der Waals surface area (Å²) >= 11 is 0. The molecule has 0 aliphatic carbocycles. The maximum Gasteiger partial charge on any atom is 0.397 e. The van der Waals surface area contributed by atoms with Gasteiger partial charge in [-0.05, 0) is 12.1 Å². The molecule has 17 heavy (non-hydrogen) atoms. The van der Waals surface area contributed by atoms with Crippen molar-refractivity contribution in [3.8, 4) is 5.75 Å². The Kier molecular flexibility index (Phi) is 4.46. The Morgan fingerprint density at radius 3 is 2.18 bits per heavy atom. The van der Waals surface area contributed by atoms with Crippen LogP contribution in [0.3, 0.4) is 0 Å². The van der Waals surface area contributed by atoms with E-state index in [0.717, 1.165) is 0 Å². The van der Waals surface area contributed by atoms with Crippen LogP contribution in [0.1, 0.15) is 0 Å². The molecule has 1 aromatic carbocycles. The molecular formula is C8H10O7S2. The van der Waals surface area contributed by atoms with Crippen molar-refractivity contribution in [3.05, 3.63) is 30.3 Å². The maximum absolute atomic E-state index is 11.3. The fourth-order valence-corrected chi connectivity index (χ4v) is 2.08. The molecule has 0 spiro atoms. The molecule has 0 radical (unpaired) electrons. The van der Waals surface area contributed by atoms with Crippen LogP contribution >= 0.6 is 0 Å². The Bertz CT molecular complexity index is 547. The van der Waals surface area contributed by atoms with E-state index in [1.54, 1.807) is 18.2 Å². The third kappa shape index (κ3) is 6.22. The number of benzene rings is 1. The first-order valence-electron chi connectivity index (χ1n) is 4.37. The Labute approximate surface area is 99.1 Å². The van der Waals surface area contributed by atoms with Crippen LogP contribution < -0.4 is 4.18 Å². The molecule has 0 aromatic heterocycles. The highest BCUT2D eigenvalue weighted by molar-refractivity contribution is 7.87. The molecule has 96 valence electrons. The zero-order valence-electron chi connectivity index (χ0n) is 8.51. The Balaban J connectivity index is 2.53. The molecule has 0 fully saturated rings. The normalized spacial score (nSPS) is 12.3. The van der Waals surface area contributed by atoms with Gasteiger partial charge in [0.15, 0.2) is 0 Å². The second-order valence-electron chi connectivity index (χ2n) is 2.91. The van der Waals surface area contributed by atoms with Crippen molar-refractivity contribution in [3.63, 3.8) is 0 Å². The molecule has 0 unspecified atom stereocenters. The molecule has 0 aliphatic rings. The van der Waals surface area contributed by atoms with Gasteiger partial charge in [-0.3, -0.25) is 4.55 Å². The lowest BCUT2D eigenvalue weighted by Crippen LogP contribution is -2.19. The van der Waals surface area contributed by atoms with E-state index in [-0.39, 0.29) is 5.75 Å². The Morgan fingerprint density at radius 2 is 1.65 bits per heavy atom. The molecule has 0 aliphatic heterocycles. The number of rotatable bonds is 6. The Hall–Kier alpha value is -1.16. The topological polar surface area (TPSA) is 107 Å². The van der Waals surface area contributed by atoms with Crippen LogP contribution in [-0.4, -0.2) is 33.7 Å². The summed E-state index contributed by atoms with van der Waals surface area (Å²) in [6, 6.07) is 7.71. The van der Waals surface area contributed by atoms with Crippen LogP contribution in [0.15, 0.2) is 30.3 Å². The highest BCUT2D eigenvalue weighted by Gasteiger charge is 2.15. The van der Waals surface area contributed by atoms with Crippen molar-refractivity contribution in [2.45, 2.75) is 0 Å². The van der Waals surface area contributed by atoms with E-state index >= 15 is 0 Å². The standard InChI is InChI=1S/C8H10O7S2/c9-16(10,7-6-14-17(11,12)13)15-8-4-2-1-3-5-8/h1-5H,6-7H2,(H,11,12,13). The molecule has 0 atom stereocenters. The first kappa shape index (κ1) is 13.9. The molecule has 0 saturated carbocycles. The Morgan fingerprint density at radius 1 is 1.06 bits per heavy atom. The summed E-state index contributed by atoms with van der Waals surface area (Å²) in [5.41, 5.74) is 0. The molecule has 0 heterocycles. The fourth-order valence-electron chi connectivity index (χ4n) is 0.906. The number of para-hydroxylation sites is 1. The first-order chi connectivity index (χ1) is 7.79. The van der Waals surface area contributed by atoms with Crippen molar-refractivity contribution < 1.29 is 29.8 Å². The number of hydrogen-bond donors (Lipinski definition) is 1.